The lowest BCUT2D eigenvalue weighted by atomic mass is 9.94. The number of thiol groups is 1. The highest BCUT2D eigenvalue weighted by Crippen LogP contribution is 2.42. The summed E-state index contributed by atoms with van der Waals surface area (Å²) in [5.74, 6) is 0.211. The number of aryl methyl sites for hydroxylation is 1. The molecule has 1 saturated carbocycles. The fourth-order valence-corrected chi connectivity index (χ4v) is 4.61. The molecule has 1 fully saturated rings. The average Bonchev–Trinajstić information content (AvgIpc) is 3.57. The minimum atomic E-state index is -0.970. The van der Waals surface area contributed by atoms with E-state index in [1.807, 2.05) is 39.0 Å². The van der Waals surface area contributed by atoms with Crippen LogP contribution in [0.25, 0.3) is 0 Å². The van der Waals surface area contributed by atoms with Crippen molar-refractivity contribution in [2.75, 3.05) is 18.2 Å². The molecule has 0 radical (unpaired) electrons. The lowest BCUT2D eigenvalue weighted by Gasteiger charge is -2.35. The maximum Gasteiger partial charge on any atom is 0.408 e. The van der Waals surface area contributed by atoms with Gasteiger partial charge in [0.15, 0.2) is 0 Å². The molecule has 0 heterocycles. The Bertz CT molecular complexity index is 1160. The third kappa shape index (κ3) is 7.22. The van der Waals surface area contributed by atoms with E-state index in [2.05, 4.69) is 23.3 Å². The second-order valence-corrected chi connectivity index (χ2v) is 11.2. The molecule has 4 atom stereocenters. The Hall–Kier alpha value is -3.20. The average molecular weight is 542 g/mol. The van der Waals surface area contributed by atoms with Gasteiger partial charge in [-0.05, 0) is 87.9 Å². The van der Waals surface area contributed by atoms with E-state index in [9.17, 15) is 14.4 Å². The standard InChI is InChI=1S/C29H39N3O5S/c1-17-9-8-10-22(19(17)3)25(26(33)30-20-11-13-21(36-7)14-12-20)32(24-15-18(24)2)27(34)23(16-38)31-28(35)37-29(4,5)6/h8-14,18,23-25,38H,15-16H2,1-7H3,(H,30,33)(H,31,35). The van der Waals surface area contributed by atoms with Crippen LogP contribution in [0.1, 0.15) is 56.8 Å². The summed E-state index contributed by atoms with van der Waals surface area (Å²) < 4.78 is 10.6. The van der Waals surface area contributed by atoms with Crippen molar-refractivity contribution in [2.45, 2.75) is 71.7 Å². The Morgan fingerprint density at radius 3 is 2.26 bits per heavy atom. The van der Waals surface area contributed by atoms with Gasteiger partial charge in [0.05, 0.1) is 7.11 Å². The number of nitrogens with zero attached hydrogens (tertiary/aromatic N) is 1. The molecule has 1 aliphatic rings. The van der Waals surface area contributed by atoms with Crippen LogP contribution < -0.4 is 15.4 Å². The van der Waals surface area contributed by atoms with E-state index >= 15 is 0 Å². The molecule has 0 spiro atoms. The van der Waals surface area contributed by atoms with Crippen LogP contribution >= 0.6 is 12.6 Å². The van der Waals surface area contributed by atoms with Crippen LogP contribution in [-0.2, 0) is 14.3 Å². The van der Waals surface area contributed by atoms with Gasteiger partial charge in [0.25, 0.3) is 5.91 Å². The molecule has 1 aliphatic carbocycles. The summed E-state index contributed by atoms with van der Waals surface area (Å²) >= 11 is 4.36. The number of amides is 3. The number of carbonyl (C=O) groups is 3. The molecule has 2 aromatic rings. The highest BCUT2D eigenvalue weighted by Gasteiger charge is 2.48. The summed E-state index contributed by atoms with van der Waals surface area (Å²) in [4.78, 5) is 42.2. The lowest BCUT2D eigenvalue weighted by Crippen LogP contribution is -2.54. The lowest BCUT2D eigenvalue weighted by molar-refractivity contribution is -0.141. The van der Waals surface area contributed by atoms with Crippen molar-refractivity contribution >= 4 is 36.2 Å². The molecule has 3 rings (SSSR count). The number of methoxy groups -OCH3 is 1. The van der Waals surface area contributed by atoms with Crippen LogP contribution in [0.2, 0.25) is 0 Å². The predicted octanol–water partition coefficient (Wildman–Crippen LogP) is 5.05. The SMILES string of the molecule is COc1ccc(NC(=O)C(c2cccc(C)c2C)N(C(=O)C(CS)NC(=O)OC(C)(C)C)C2CC2C)cc1. The van der Waals surface area contributed by atoms with Crippen LogP contribution in [0.5, 0.6) is 5.75 Å². The Morgan fingerprint density at radius 1 is 1.11 bits per heavy atom. The molecule has 206 valence electrons. The van der Waals surface area contributed by atoms with Crippen LogP contribution in [0.4, 0.5) is 10.5 Å². The molecule has 9 heteroatoms. The summed E-state index contributed by atoms with van der Waals surface area (Å²) in [5.41, 5.74) is 2.53. The minimum absolute atomic E-state index is 0.0509. The summed E-state index contributed by atoms with van der Waals surface area (Å²) in [6.45, 7) is 11.2. The largest absolute Gasteiger partial charge is 0.497 e. The normalized spacial score (nSPS) is 18.1. The molecule has 38 heavy (non-hydrogen) atoms. The molecule has 0 saturated heterocycles. The molecule has 0 bridgehead atoms. The Morgan fingerprint density at radius 2 is 1.74 bits per heavy atom. The van der Waals surface area contributed by atoms with Crippen molar-refractivity contribution in [3.63, 3.8) is 0 Å². The highest BCUT2D eigenvalue weighted by molar-refractivity contribution is 7.80. The second kappa shape index (κ2) is 12.1. The van der Waals surface area contributed by atoms with Crippen molar-refractivity contribution in [3.8, 4) is 5.75 Å². The number of hydrogen-bond donors (Lipinski definition) is 3. The first-order valence-electron chi connectivity index (χ1n) is 12.8. The number of hydrogen-bond acceptors (Lipinski definition) is 6. The number of ether oxygens (including phenoxy) is 2. The monoisotopic (exact) mass is 541 g/mol. The van der Waals surface area contributed by atoms with Gasteiger partial charge in [-0.1, -0.05) is 25.1 Å². The first-order chi connectivity index (χ1) is 17.9. The zero-order valence-corrected chi connectivity index (χ0v) is 24.1. The highest BCUT2D eigenvalue weighted by atomic mass is 32.1. The van der Waals surface area contributed by atoms with E-state index in [0.29, 0.717) is 11.4 Å². The summed E-state index contributed by atoms with van der Waals surface area (Å²) in [6.07, 6.45) is 0.0499. The smallest absolute Gasteiger partial charge is 0.408 e. The van der Waals surface area contributed by atoms with Crippen LogP contribution in [-0.4, -0.2) is 53.4 Å². The molecule has 3 amide bonds. The van der Waals surface area contributed by atoms with Gasteiger partial charge in [-0.3, -0.25) is 9.59 Å². The molecule has 4 unspecified atom stereocenters. The zero-order chi connectivity index (χ0) is 28.2. The summed E-state index contributed by atoms with van der Waals surface area (Å²) in [7, 11) is 1.58. The van der Waals surface area contributed by atoms with Gasteiger partial charge < -0.3 is 25.0 Å². The third-order valence-electron chi connectivity index (χ3n) is 6.68. The second-order valence-electron chi connectivity index (χ2n) is 10.8. The molecule has 2 N–H and O–H groups in total. The van der Waals surface area contributed by atoms with E-state index in [1.165, 1.54) is 0 Å². The number of rotatable bonds is 9. The summed E-state index contributed by atoms with van der Waals surface area (Å²) in [6, 6.07) is 10.7. The number of anilines is 1. The van der Waals surface area contributed by atoms with Gasteiger partial charge in [-0.15, -0.1) is 0 Å². The van der Waals surface area contributed by atoms with Gasteiger partial charge in [0.1, 0.15) is 23.4 Å². The Labute approximate surface area is 230 Å². The van der Waals surface area contributed by atoms with E-state index in [-0.39, 0.29) is 29.5 Å². The van der Waals surface area contributed by atoms with Crippen LogP contribution in [0, 0.1) is 19.8 Å². The van der Waals surface area contributed by atoms with Crippen molar-refractivity contribution in [3.05, 3.63) is 59.2 Å². The number of alkyl carbamates (subject to hydrolysis) is 1. The van der Waals surface area contributed by atoms with E-state index in [4.69, 9.17) is 9.47 Å². The Balaban J connectivity index is 2.01. The Kier molecular flexibility index (Phi) is 9.35. The van der Waals surface area contributed by atoms with Crippen molar-refractivity contribution in [1.29, 1.82) is 0 Å². The fourth-order valence-electron chi connectivity index (χ4n) is 4.36. The van der Waals surface area contributed by atoms with Gasteiger partial charge in [-0.2, -0.15) is 12.6 Å². The fraction of sp³-hybridized carbons (Fsp3) is 0.483. The van der Waals surface area contributed by atoms with E-state index < -0.39 is 23.8 Å². The number of carbonyl (C=O) groups excluding carboxylic acids is 3. The van der Waals surface area contributed by atoms with Gasteiger partial charge in [0.2, 0.25) is 5.91 Å². The van der Waals surface area contributed by atoms with Crippen LogP contribution in [0.15, 0.2) is 42.5 Å². The van der Waals surface area contributed by atoms with Crippen LogP contribution in [0.3, 0.4) is 0 Å². The van der Waals surface area contributed by atoms with E-state index in [1.54, 1.807) is 57.0 Å². The maximum absolute atomic E-state index is 14.1. The van der Waals surface area contributed by atoms with Crippen molar-refractivity contribution in [2.24, 2.45) is 5.92 Å². The summed E-state index contributed by atoms with van der Waals surface area (Å²) in [5, 5.41) is 5.64. The molecular formula is C29H39N3O5S. The quantitative estimate of drug-likeness (QED) is 0.386. The molecule has 8 nitrogen and oxygen atoms in total. The zero-order valence-electron chi connectivity index (χ0n) is 23.2. The number of nitrogens with one attached hydrogen (secondary N) is 2. The van der Waals surface area contributed by atoms with Crippen molar-refractivity contribution < 1.29 is 23.9 Å². The van der Waals surface area contributed by atoms with E-state index in [0.717, 1.165) is 23.1 Å². The minimum Gasteiger partial charge on any atom is -0.497 e. The third-order valence-corrected chi connectivity index (χ3v) is 7.04. The maximum atomic E-state index is 14.1. The molecule has 2 aromatic carbocycles. The number of benzene rings is 2. The van der Waals surface area contributed by atoms with Crippen molar-refractivity contribution in [1.82, 2.24) is 10.2 Å². The molecule has 0 aliphatic heterocycles. The van der Waals surface area contributed by atoms with Gasteiger partial charge >= 0.3 is 6.09 Å². The first kappa shape index (κ1) is 29.4. The van der Waals surface area contributed by atoms with Gasteiger partial charge in [-0.25, -0.2) is 4.79 Å². The molecular weight excluding hydrogens is 502 g/mol. The molecule has 0 aromatic heterocycles. The topological polar surface area (TPSA) is 97.0 Å². The van der Waals surface area contributed by atoms with Gasteiger partial charge in [0, 0.05) is 17.5 Å². The first-order valence-corrected chi connectivity index (χ1v) is 13.4. The predicted molar refractivity (Wildman–Crippen MR) is 152 cm³/mol.